The second-order valence-corrected chi connectivity index (χ2v) is 2.08. The van der Waals surface area contributed by atoms with Crippen LogP contribution in [0.2, 0.25) is 0 Å². The quantitative estimate of drug-likeness (QED) is 0.557. The Morgan fingerprint density at radius 1 is 0.818 bits per heavy atom. The second-order valence-electron chi connectivity index (χ2n) is 2.08. The zero-order valence-electron chi connectivity index (χ0n) is 6.63. The van der Waals surface area contributed by atoms with Gasteiger partial charge in [0, 0.05) is 0 Å². The fourth-order valence-corrected chi connectivity index (χ4v) is 0.663. The van der Waals surface area contributed by atoms with Crippen molar-refractivity contribution in [3.05, 3.63) is 35.4 Å². The van der Waals surface area contributed by atoms with E-state index in [-0.39, 0.29) is 32.7 Å². The van der Waals surface area contributed by atoms with Crippen LogP contribution < -0.4 is 0 Å². The zero-order chi connectivity index (χ0) is 5.98. The number of aryl methyl sites for hydroxylation is 2. The van der Waals surface area contributed by atoms with Crippen LogP contribution in [-0.2, 0) is 32.7 Å². The fraction of sp³-hybridized carbons (Fsp3) is 0.250. The van der Waals surface area contributed by atoms with Crippen molar-refractivity contribution in [1.82, 2.24) is 0 Å². The van der Waals surface area contributed by atoms with Crippen LogP contribution in [0.5, 0.6) is 0 Å². The molecule has 11 heavy (non-hydrogen) atoms. The zero-order valence-corrected chi connectivity index (χ0v) is 8.19. The summed E-state index contributed by atoms with van der Waals surface area (Å²) in [6.07, 6.45) is 0. The van der Waals surface area contributed by atoms with Gasteiger partial charge in [-0.25, -0.2) is 0 Å². The number of benzene rings is 1. The summed E-state index contributed by atoms with van der Waals surface area (Å²) >= 11 is 0. The molecule has 0 aliphatic carbocycles. The molecule has 0 N–H and O–H groups in total. The Balaban J connectivity index is -0.000000213. The Kier molecular flexibility index (Phi) is 12.4. The van der Waals surface area contributed by atoms with Crippen molar-refractivity contribution in [1.29, 1.82) is 0 Å². The summed E-state index contributed by atoms with van der Waals surface area (Å²) < 4.78 is 0. The summed E-state index contributed by atoms with van der Waals surface area (Å²) in [5.74, 6) is 0. The maximum absolute atomic E-state index is 2.12. The molecule has 0 aliphatic heterocycles. The predicted octanol–water partition coefficient (Wildman–Crippen LogP) is 2.06. The summed E-state index contributed by atoms with van der Waals surface area (Å²) in [6.45, 7) is 4.24. The summed E-state index contributed by atoms with van der Waals surface area (Å²) in [5.41, 5.74) is 2.74. The minimum absolute atomic E-state index is 0. The van der Waals surface area contributed by atoms with Gasteiger partial charge in [-0.3, -0.25) is 0 Å². The Morgan fingerprint density at radius 2 is 1.09 bits per heavy atom. The van der Waals surface area contributed by atoms with E-state index in [0.29, 0.717) is 0 Å². The van der Waals surface area contributed by atoms with Crippen LogP contribution in [0.3, 0.4) is 0 Å². The van der Waals surface area contributed by atoms with Gasteiger partial charge in [0.1, 0.15) is 0 Å². The molecule has 0 spiro atoms. The van der Waals surface area contributed by atoms with E-state index in [4.69, 9.17) is 0 Å². The molecule has 0 unspecified atom stereocenters. The molecule has 2 nitrogen and oxygen atoms in total. The second kappa shape index (κ2) is 7.96. The SMILES string of the molecule is Cc1ccccc1C.[O-2].[O-2].[Ti+4]. The van der Waals surface area contributed by atoms with Crippen molar-refractivity contribution < 1.29 is 32.7 Å². The Morgan fingerprint density at radius 3 is 1.27 bits per heavy atom. The minimum atomic E-state index is 0. The van der Waals surface area contributed by atoms with E-state index in [1.807, 2.05) is 0 Å². The molecule has 3 heteroatoms. The van der Waals surface area contributed by atoms with Crippen LogP contribution in [0.4, 0.5) is 0 Å². The van der Waals surface area contributed by atoms with Crippen molar-refractivity contribution in [3.8, 4) is 0 Å². The summed E-state index contributed by atoms with van der Waals surface area (Å²) in [7, 11) is 0. The summed E-state index contributed by atoms with van der Waals surface area (Å²) in [4.78, 5) is 0. The summed E-state index contributed by atoms with van der Waals surface area (Å²) in [6, 6.07) is 8.36. The normalized spacial score (nSPS) is 6.73. The fourth-order valence-electron chi connectivity index (χ4n) is 0.663. The van der Waals surface area contributed by atoms with Crippen molar-refractivity contribution in [3.63, 3.8) is 0 Å². The van der Waals surface area contributed by atoms with E-state index in [2.05, 4.69) is 38.1 Å². The maximum atomic E-state index is 2.12. The van der Waals surface area contributed by atoms with Gasteiger partial charge in [0.05, 0.1) is 0 Å². The standard InChI is InChI=1S/C8H10.2O.Ti/c1-7-5-3-4-6-8(7)2;;;/h3-6H,1-2H3;;;/q;2*-2;+4. The third-order valence-corrected chi connectivity index (χ3v) is 1.43. The molecule has 1 rings (SSSR count). The predicted molar refractivity (Wildman–Crippen MR) is 37.3 cm³/mol. The molecule has 0 amide bonds. The number of rotatable bonds is 0. The third kappa shape index (κ3) is 5.16. The Hall–Kier alpha value is -0.146. The van der Waals surface area contributed by atoms with E-state index in [9.17, 15) is 0 Å². The average molecular weight is 186 g/mol. The Labute approximate surface area is 82.1 Å². The molecule has 1 aromatic carbocycles. The van der Waals surface area contributed by atoms with Gasteiger partial charge in [-0.1, -0.05) is 24.3 Å². The van der Waals surface area contributed by atoms with Crippen LogP contribution in [0, 0.1) is 13.8 Å². The molecule has 0 heterocycles. The minimum Gasteiger partial charge on any atom is -2.00 e. The monoisotopic (exact) mass is 186 g/mol. The van der Waals surface area contributed by atoms with Crippen LogP contribution in [0.25, 0.3) is 0 Å². The van der Waals surface area contributed by atoms with E-state index in [1.54, 1.807) is 0 Å². The molecule has 0 aromatic heterocycles. The van der Waals surface area contributed by atoms with Crippen LogP contribution in [0.1, 0.15) is 11.1 Å². The van der Waals surface area contributed by atoms with Gasteiger partial charge < -0.3 is 11.0 Å². The first kappa shape index (κ1) is 17.1. The Bertz CT molecular complexity index is 168. The van der Waals surface area contributed by atoms with Gasteiger partial charge >= 0.3 is 21.7 Å². The molecule has 1 aromatic rings. The van der Waals surface area contributed by atoms with E-state index in [1.165, 1.54) is 11.1 Å². The van der Waals surface area contributed by atoms with Gasteiger partial charge in [-0.15, -0.1) is 0 Å². The van der Waals surface area contributed by atoms with Crippen LogP contribution in [-0.4, -0.2) is 0 Å². The average Bonchev–Trinajstić information content (AvgIpc) is 1.77. The molecule has 0 atom stereocenters. The molecule has 0 bridgehead atoms. The smallest absolute Gasteiger partial charge is 2.00 e. The van der Waals surface area contributed by atoms with E-state index in [0.717, 1.165) is 0 Å². The molecule has 58 valence electrons. The van der Waals surface area contributed by atoms with Gasteiger partial charge in [0.2, 0.25) is 0 Å². The van der Waals surface area contributed by atoms with Gasteiger partial charge in [-0.2, -0.15) is 0 Å². The number of hydrogen-bond acceptors (Lipinski definition) is 0. The van der Waals surface area contributed by atoms with Crippen molar-refractivity contribution >= 4 is 0 Å². The van der Waals surface area contributed by atoms with E-state index >= 15 is 0 Å². The van der Waals surface area contributed by atoms with Gasteiger partial charge in [0.15, 0.2) is 0 Å². The van der Waals surface area contributed by atoms with Crippen LogP contribution >= 0.6 is 0 Å². The van der Waals surface area contributed by atoms with Crippen molar-refractivity contribution in [2.45, 2.75) is 13.8 Å². The maximum Gasteiger partial charge on any atom is 4.00 e. The van der Waals surface area contributed by atoms with Gasteiger partial charge in [-0.05, 0) is 25.0 Å². The largest absolute Gasteiger partial charge is 4.00 e. The van der Waals surface area contributed by atoms with Gasteiger partial charge in [0.25, 0.3) is 0 Å². The first-order valence-corrected chi connectivity index (χ1v) is 2.83. The molecular formula is C8H10O2Ti. The molecule has 0 saturated heterocycles. The third-order valence-electron chi connectivity index (χ3n) is 1.43. The first-order chi connectivity index (χ1) is 3.80. The molecule has 0 saturated carbocycles. The molecule has 0 fully saturated rings. The van der Waals surface area contributed by atoms with E-state index < -0.39 is 0 Å². The van der Waals surface area contributed by atoms with Crippen molar-refractivity contribution in [2.75, 3.05) is 0 Å². The molecule has 0 aliphatic rings. The van der Waals surface area contributed by atoms with Crippen molar-refractivity contribution in [2.24, 2.45) is 0 Å². The summed E-state index contributed by atoms with van der Waals surface area (Å²) in [5, 5.41) is 0. The number of hydrogen-bond donors (Lipinski definition) is 0. The molecular weight excluding hydrogens is 176 g/mol. The van der Waals surface area contributed by atoms with Crippen LogP contribution in [0.15, 0.2) is 24.3 Å². The molecule has 0 radical (unpaired) electrons. The topological polar surface area (TPSA) is 57.0 Å². The first-order valence-electron chi connectivity index (χ1n) is 2.83.